The number of unbranched alkanes of at least 4 members (excludes halogenated alkanes) is 5. The summed E-state index contributed by atoms with van der Waals surface area (Å²) in [6, 6.07) is 0. The molecule has 0 aromatic heterocycles. The topological polar surface area (TPSA) is 38.4 Å². The standard InChI is InChI=1S/C20H36N2/c1-6-9-12-13-14-17-20(5,16-11-8-3)19(15-10-7-2)22-18(4)21/h7,10,15H,2,4,6,8-9,11-14,16-17,21H2,1,3,5H3/b15-10-,22-19+. The highest BCUT2D eigenvalue weighted by Crippen LogP contribution is 2.34. The number of aliphatic imine (C=N–C) groups is 1. The van der Waals surface area contributed by atoms with E-state index in [1.54, 1.807) is 6.08 Å². The summed E-state index contributed by atoms with van der Waals surface area (Å²) in [5, 5.41) is 0. The fourth-order valence-corrected chi connectivity index (χ4v) is 2.75. The molecule has 0 aliphatic carbocycles. The predicted octanol–water partition coefficient (Wildman–Crippen LogP) is 6.16. The molecule has 126 valence electrons. The van der Waals surface area contributed by atoms with Gasteiger partial charge in [-0.2, -0.15) is 0 Å². The lowest BCUT2D eigenvalue weighted by molar-refractivity contribution is 0.363. The van der Waals surface area contributed by atoms with Crippen molar-refractivity contribution >= 4 is 5.71 Å². The van der Waals surface area contributed by atoms with E-state index in [0.29, 0.717) is 5.82 Å². The number of allylic oxidation sites excluding steroid dienone is 3. The zero-order chi connectivity index (χ0) is 16.8. The van der Waals surface area contributed by atoms with Crippen LogP contribution in [0.25, 0.3) is 0 Å². The van der Waals surface area contributed by atoms with Gasteiger partial charge in [-0.25, -0.2) is 4.99 Å². The Morgan fingerprint density at radius 1 is 1.05 bits per heavy atom. The van der Waals surface area contributed by atoms with Gasteiger partial charge in [-0.15, -0.1) is 0 Å². The summed E-state index contributed by atoms with van der Waals surface area (Å²) in [5.74, 6) is 0.386. The van der Waals surface area contributed by atoms with Gasteiger partial charge in [0.15, 0.2) is 0 Å². The van der Waals surface area contributed by atoms with Crippen molar-refractivity contribution in [3.63, 3.8) is 0 Å². The van der Waals surface area contributed by atoms with Gasteiger partial charge in [0, 0.05) is 11.1 Å². The van der Waals surface area contributed by atoms with Gasteiger partial charge >= 0.3 is 0 Å². The van der Waals surface area contributed by atoms with Gasteiger partial charge in [0.1, 0.15) is 5.82 Å². The summed E-state index contributed by atoms with van der Waals surface area (Å²) < 4.78 is 0. The van der Waals surface area contributed by atoms with Crippen LogP contribution in [0, 0.1) is 5.41 Å². The molecule has 0 aliphatic heterocycles. The minimum Gasteiger partial charge on any atom is -0.384 e. The monoisotopic (exact) mass is 304 g/mol. The summed E-state index contributed by atoms with van der Waals surface area (Å²) in [6.45, 7) is 14.3. The second-order valence-corrected chi connectivity index (χ2v) is 6.41. The van der Waals surface area contributed by atoms with Crippen molar-refractivity contribution in [3.05, 3.63) is 37.2 Å². The van der Waals surface area contributed by atoms with E-state index in [2.05, 4.69) is 38.9 Å². The molecule has 0 fully saturated rings. The zero-order valence-corrected chi connectivity index (χ0v) is 15.0. The third-order valence-electron chi connectivity index (χ3n) is 4.19. The molecule has 0 heterocycles. The minimum atomic E-state index is 0.0735. The molecule has 2 nitrogen and oxygen atoms in total. The third kappa shape index (κ3) is 8.86. The molecule has 0 aliphatic rings. The number of rotatable bonds is 13. The zero-order valence-electron chi connectivity index (χ0n) is 15.0. The fraction of sp³-hybridized carbons (Fsp3) is 0.650. The van der Waals surface area contributed by atoms with Crippen molar-refractivity contribution in [2.75, 3.05) is 0 Å². The number of nitrogens with two attached hydrogens (primary N) is 1. The summed E-state index contributed by atoms with van der Waals surface area (Å²) in [6.07, 6.45) is 17.0. The van der Waals surface area contributed by atoms with E-state index in [-0.39, 0.29) is 5.41 Å². The molecule has 1 atom stereocenters. The van der Waals surface area contributed by atoms with Crippen LogP contribution in [0.3, 0.4) is 0 Å². The van der Waals surface area contributed by atoms with Crippen molar-refractivity contribution in [1.29, 1.82) is 0 Å². The van der Waals surface area contributed by atoms with E-state index in [9.17, 15) is 0 Å². The third-order valence-corrected chi connectivity index (χ3v) is 4.19. The van der Waals surface area contributed by atoms with Crippen molar-refractivity contribution in [2.45, 2.75) is 78.6 Å². The van der Waals surface area contributed by atoms with Crippen LogP contribution >= 0.6 is 0 Å². The van der Waals surface area contributed by atoms with Gasteiger partial charge in [0.05, 0.1) is 0 Å². The Kier molecular flexibility index (Phi) is 11.5. The summed E-state index contributed by atoms with van der Waals surface area (Å²) in [4.78, 5) is 4.52. The first kappa shape index (κ1) is 20.7. The molecule has 0 aromatic carbocycles. The molecule has 2 N–H and O–H groups in total. The molecule has 0 rings (SSSR count). The molecule has 22 heavy (non-hydrogen) atoms. The highest BCUT2D eigenvalue weighted by molar-refractivity contribution is 6.00. The van der Waals surface area contributed by atoms with Crippen LogP contribution in [0.2, 0.25) is 0 Å². The van der Waals surface area contributed by atoms with E-state index in [0.717, 1.165) is 18.6 Å². The van der Waals surface area contributed by atoms with Crippen LogP contribution in [0.1, 0.15) is 78.6 Å². The largest absolute Gasteiger partial charge is 0.384 e. The average molecular weight is 305 g/mol. The number of nitrogens with zero attached hydrogens (tertiary/aromatic N) is 1. The van der Waals surface area contributed by atoms with E-state index in [1.807, 2.05) is 12.2 Å². The van der Waals surface area contributed by atoms with E-state index < -0.39 is 0 Å². The average Bonchev–Trinajstić information content (AvgIpc) is 2.48. The van der Waals surface area contributed by atoms with Crippen LogP contribution < -0.4 is 5.73 Å². The lowest BCUT2D eigenvalue weighted by atomic mass is 9.75. The van der Waals surface area contributed by atoms with Crippen LogP contribution in [-0.2, 0) is 0 Å². The smallest absolute Gasteiger partial charge is 0.116 e. The highest BCUT2D eigenvalue weighted by atomic mass is 14.9. The molecular weight excluding hydrogens is 268 g/mol. The van der Waals surface area contributed by atoms with Crippen molar-refractivity contribution in [2.24, 2.45) is 16.1 Å². The molecular formula is C20H36N2. The molecule has 0 bridgehead atoms. The van der Waals surface area contributed by atoms with Crippen molar-refractivity contribution < 1.29 is 0 Å². The van der Waals surface area contributed by atoms with Gasteiger partial charge < -0.3 is 5.73 Å². The Morgan fingerprint density at radius 3 is 2.18 bits per heavy atom. The maximum Gasteiger partial charge on any atom is 0.116 e. The van der Waals surface area contributed by atoms with Crippen molar-refractivity contribution in [3.8, 4) is 0 Å². The summed E-state index contributed by atoms with van der Waals surface area (Å²) in [7, 11) is 0. The normalized spacial score (nSPS) is 15.0. The molecule has 0 spiro atoms. The summed E-state index contributed by atoms with van der Waals surface area (Å²) in [5.41, 5.74) is 6.86. The van der Waals surface area contributed by atoms with E-state index in [4.69, 9.17) is 5.73 Å². The second kappa shape index (κ2) is 12.3. The molecule has 1 unspecified atom stereocenters. The Bertz CT molecular complexity index is 379. The molecule has 0 saturated carbocycles. The number of hydrogen-bond acceptors (Lipinski definition) is 2. The minimum absolute atomic E-state index is 0.0735. The van der Waals surface area contributed by atoms with Crippen LogP contribution in [-0.4, -0.2) is 5.71 Å². The molecule has 0 aromatic rings. The highest BCUT2D eigenvalue weighted by Gasteiger charge is 2.28. The maximum absolute atomic E-state index is 5.74. The molecule has 2 heteroatoms. The number of hydrogen-bond donors (Lipinski definition) is 1. The van der Waals surface area contributed by atoms with Gasteiger partial charge in [0.25, 0.3) is 0 Å². The van der Waals surface area contributed by atoms with E-state index >= 15 is 0 Å². The second-order valence-electron chi connectivity index (χ2n) is 6.41. The van der Waals surface area contributed by atoms with Gasteiger partial charge in [-0.1, -0.05) is 91.0 Å². The SMILES string of the molecule is C=C/C=C\C(=N/C(=C)N)C(C)(CCCC)CCCCCCC. The fourth-order valence-electron chi connectivity index (χ4n) is 2.75. The van der Waals surface area contributed by atoms with Gasteiger partial charge in [-0.05, 0) is 18.9 Å². The quantitative estimate of drug-likeness (QED) is 0.247. The van der Waals surface area contributed by atoms with Crippen LogP contribution in [0.4, 0.5) is 0 Å². The van der Waals surface area contributed by atoms with Gasteiger partial charge in [0.2, 0.25) is 0 Å². The Morgan fingerprint density at radius 2 is 1.64 bits per heavy atom. The Balaban J connectivity index is 5.02. The molecule has 0 saturated heterocycles. The molecule has 0 amide bonds. The van der Waals surface area contributed by atoms with Crippen molar-refractivity contribution in [1.82, 2.24) is 0 Å². The first-order valence-corrected chi connectivity index (χ1v) is 8.82. The maximum atomic E-state index is 5.74. The first-order chi connectivity index (χ1) is 10.5. The van der Waals surface area contributed by atoms with Crippen LogP contribution in [0.5, 0.6) is 0 Å². The Labute approximate surface area is 138 Å². The van der Waals surface area contributed by atoms with E-state index in [1.165, 1.54) is 44.9 Å². The van der Waals surface area contributed by atoms with Crippen LogP contribution in [0.15, 0.2) is 42.2 Å². The van der Waals surface area contributed by atoms with Gasteiger partial charge in [-0.3, -0.25) is 0 Å². The summed E-state index contributed by atoms with van der Waals surface area (Å²) >= 11 is 0. The predicted molar refractivity (Wildman–Crippen MR) is 101 cm³/mol. The Hall–Kier alpha value is -1.31. The first-order valence-electron chi connectivity index (χ1n) is 8.82. The molecule has 0 radical (unpaired) electrons. The lowest BCUT2D eigenvalue weighted by Gasteiger charge is -2.30. The lowest BCUT2D eigenvalue weighted by Crippen LogP contribution is -2.27.